The minimum atomic E-state index is -3.11. The van der Waals surface area contributed by atoms with E-state index >= 15 is 0 Å². The monoisotopic (exact) mass is 353 g/mol. The van der Waals surface area contributed by atoms with Crippen molar-refractivity contribution in [3.63, 3.8) is 0 Å². The van der Waals surface area contributed by atoms with Crippen molar-refractivity contribution in [3.05, 3.63) is 20.8 Å². The highest BCUT2D eigenvalue weighted by Crippen LogP contribution is 2.28. The van der Waals surface area contributed by atoms with E-state index in [0.717, 1.165) is 16.8 Å². The molecule has 1 heterocycles. The Balaban J connectivity index is 2.96. The number of likely N-dealkylation sites (N-methyl/N-ethyl adjacent to an activating group) is 1. The molecule has 1 rings (SSSR count). The SMILES string of the molecule is CCNC(Cc1ccc(Br)s1)C(C)(C)S(C)(=O)=O. The van der Waals surface area contributed by atoms with Gasteiger partial charge in [-0.3, -0.25) is 0 Å². The van der Waals surface area contributed by atoms with Gasteiger partial charge in [-0.05, 0) is 54.9 Å². The molecule has 0 aliphatic rings. The minimum absolute atomic E-state index is 0.0805. The van der Waals surface area contributed by atoms with Crippen LogP contribution < -0.4 is 5.32 Å². The predicted octanol–water partition coefficient (Wildman–Crippen LogP) is 2.85. The second kappa shape index (κ2) is 6.03. The molecule has 1 aromatic heterocycles. The molecule has 1 unspecified atom stereocenters. The van der Waals surface area contributed by atoms with E-state index in [1.807, 2.05) is 19.1 Å². The number of nitrogens with one attached hydrogen (secondary N) is 1. The Hall–Kier alpha value is 0.0900. The fourth-order valence-electron chi connectivity index (χ4n) is 1.73. The molecule has 0 saturated heterocycles. The fourth-order valence-corrected chi connectivity index (χ4v) is 3.94. The Labute approximate surface area is 122 Å². The lowest BCUT2D eigenvalue weighted by Gasteiger charge is -2.33. The molecule has 0 radical (unpaired) electrons. The maximum absolute atomic E-state index is 11.9. The highest BCUT2D eigenvalue weighted by atomic mass is 79.9. The summed E-state index contributed by atoms with van der Waals surface area (Å²) < 4.78 is 24.1. The van der Waals surface area contributed by atoms with Crippen LogP contribution in [0, 0.1) is 0 Å². The van der Waals surface area contributed by atoms with Crippen LogP contribution in [-0.4, -0.2) is 32.0 Å². The third kappa shape index (κ3) is 3.79. The van der Waals surface area contributed by atoms with Gasteiger partial charge in [0.05, 0.1) is 8.53 Å². The summed E-state index contributed by atoms with van der Waals surface area (Å²) in [5.74, 6) is 0. The van der Waals surface area contributed by atoms with Crippen molar-refractivity contribution in [3.8, 4) is 0 Å². The smallest absolute Gasteiger partial charge is 0.154 e. The number of rotatable bonds is 6. The molecule has 3 nitrogen and oxygen atoms in total. The van der Waals surface area contributed by atoms with E-state index in [0.29, 0.717) is 0 Å². The molecule has 0 aromatic carbocycles. The molecule has 104 valence electrons. The number of halogens is 1. The minimum Gasteiger partial charge on any atom is -0.312 e. The molecule has 0 spiro atoms. The number of hydrogen-bond acceptors (Lipinski definition) is 4. The normalized spacial score (nSPS) is 14.7. The van der Waals surface area contributed by atoms with E-state index in [1.165, 1.54) is 11.1 Å². The first-order chi connectivity index (χ1) is 8.18. The molecule has 0 aliphatic heterocycles. The molecule has 1 N–H and O–H groups in total. The topological polar surface area (TPSA) is 46.2 Å². The highest BCUT2D eigenvalue weighted by Gasteiger charge is 2.38. The molecule has 1 atom stereocenters. The molecule has 0 saturated carbocycles. The van der Waals surface area contributed by atoms with Gasteiger partial charge in [-0.1, -0.05) is 6.92 Å². The van der Waals surface area contributed by atoms with Crippen molar-refractivity contribution < 1.29 is 8.42 Å². The van der Waals surface area contributed by atoms with Crippen molar-refractivity contribution in [1.29, 1.82) is 0 Å². The summed E-state index contributed by atoms with van der Waals surface area (Å²) in [6.07, 6.45) is 2.03. The first-order valence-corrected chi connectivity index (χ1v) is 9.35. The first-order valence-electron chi connectivity index (χ1n) is 5.85. The van der Waals surface area contributed by atoms with Crippen LogP contribution in [0.15, 0.2) is 15.9 Å². The first kappa shape index (κ1) is 16.1. The summed E-state index contributed by atoms with van der Waals surface area (Å²) in [5.41, 5.74) is 0. The van der Waals surface area contributed by atoms with Crippen LogP contribution in [0.3, 0.4) is 0 Å². The van der Waals surface area contributed by atoms with Crippen molar-refractivity contribution in [2.75, 3.05) is 12.8 Å². The summed E-state index contributed by atoms with van der Waals surface area (Å²) in [6.45, 7) is 6.34. The summed E-state index contributed by atoms with van der Waals surface area (Å²) in [5, 5.41) is 3.30. The third-order valence-electron chi connectivity index (χ3n) is 3.28. The van der Waals surface area contributed by atoms with Gasteiger partial charge in [0, 0.05) is 17.2 Å². The maximum atomic E-state index is 11.9. The Morgan fingerprint density at radius 1 is 1.44 bits per heavy atom. The lowest BCUT2D eigenvalue weighted by Crippen LogP contribution is -2.52. The third-order valence-corrected chi connectivity index (χ3v) is 7.12. The van der Waals surface area contributed by atoms with Gasteiger partial charge in [-0.2, -0.15) is 0 Å². The van der Waals surface area contributed by atoms with Gasteiger partial charge in [0.25, 0.3) is 0 Å². The molecule has 18 heavy (non-hydrogen) atoms. The molecular weight excluding hydrogens is 334 g/mol. The Morgan fingerprint density at radius 2 is 2.06 bits per heavy atom. The zero-order chi connectivity index (χ0) is 14.0. The van der Waals surface area contributed by atoms with E-state index in [-0.39, 0.29) is 6.04 Å². The number of thiophene rings is 1. The molecule has 6 heteroatoms. The lowest BCUT2D eigenvalue weighted by molar-refractivity contribution is 0.415. The Kier molecular flexibility index (Phi) is 5.41. The van der Waals surface area contributed by atoms with E-state index in [2.05, 4.69) is 21.2 Å². The average Bonchev–Trinajstić information content (AvgIpc) is 2.61. The molecule has 0 bridgehead atoms. The largest absolute Gasteiger partial charge is 0.312 e. The van der Waals surface area contributed by atoms with E-state index in [1.54, 1.807) is 25.2 Å². The molecule has 0 aliphatic carbocycles. The predicted molar refractivity (Wildman–Crippen MR) is 82.1 cm³/mol. The van der Waals surface area contributed by atoms with Gasteiger partial charge in [-0.25, -0.2) is 8.42 Å². The van der Waals surface area contributed by atoms with Gasteiger partial charge in [-0.15, -0.1) is 11.3 Å². The van der Waals surface area contributed by atoms with E-state index in [9.17, 15) is 8.42 Å². The van der Waals surface area contributed by atoms with Crippen molar-refractivity contribution >= 4 is 37.1 Å². The Bertz CT molecular complexity index is 494. The van der Waals surface area contributed by atoms with Crippen LogP contribution in [0.25, 0.3) is 0 Å². The van der Waals surface area contributed by atoms with E-state index in [4.69, 9.17) is 0 Å². The lowest BCUT2D eigenvalue weighted by atomic mass is 9.99. The zero-order valence-corrected chi connectivity index (χ0v) is 14.4. The highest BCUT2D eigenvalue weighted by molar-refractivity contribution is 9.11. The van der Waals surface area contributed by atoms with E-state index < -0.39 is 14.6 Å². The quantitative estimate of drug-likeness (QED) is 0.855. The van der Waals surface area contributed by atoms with Crippen LogP contribution >= 0.6 is 27.3 Å². The van der Waals surface area contributed by atoms with Gasteiger partial charge in [0.2, 0.25) is 0 Å². The summed E-state index contributed by atoms with van der Waals surface area (Å²) in [4.78, 5) is 1.18. The molecular formula is C12H20BrNO2S2. The van der Waals surface area contributed by atoms with Crippen LogP contribution in [0.1, 0.15) is 25.6 Å². The summed E-state index contributed by atoms with van der Waals surface area (Å²) in [7, 11) is -3.11. The second-order valence-corrected chi connectivity index (χ2v) is 10.0. The number of hydrogen-bond donors (Lipinski definition) is 1. The van der Waals surface area contributed by atoms with Crippen LogP contribution in [0.4, 0.5) is 0 Å². The van der Waals surface area contributed by atoms with Gasteiger partial charge in [0.1, 0.15) is 0 Å². The van der Waals surface area contributed by atoms with Gasteiger partial charge in [0.15, 0.2) is 9.84 Å². The van der Waals surface area contributed by atoms with Crippen molar-refractivity contribution in [2.24, 2.45) is 0 Å². The molecule has 0 fully saturated rings. The molecule has 1 aromatic rings. The van der Waals surface area contributed by atoms with Crippen molar-refractivity contribution in [1.82, 2.24) is 5.32 Å². The summed E-state index contributed by atoms with van der Waals surface area (Å²) >= 11 is 5.08. The summed E-state index contributed by atoms with van der Waals surface area (Å²) in [6, 6.07) is 3.96. The van der Waals surface area contributed by atoms with Crippen LogP contribution in [-0.2, 0) is 16.3 Å². The Morgan fingerprint density at radius 3 is 2.44 bits per heavy atom. The van der Waals surface area contributed by atoms with Crippen LogP contribution in [0.5, 0.6) is 0 Å². The standard InChI is InChI=1S/C12H20BrNO2S2/c1-5-14-10(12(2,3)18(4,15)16)8-9-6-7-11(13)17-9/h6-7,10,14H,5,8H2,1-4H3. The second-order valence-electron chi connectivity index (χ2n) is 4.90. The van der Waals surface area contributed by atoms with Gasteiger partial charge >= 0.3 is 0 Å². The van der Waals surface area contributed by atoms with Crippen molar-refractivity contribution in [2.45, 2.75) is 38.0 Å². The zero-order valence-electron chi connectivity index (χ0n) is 11.2. The average molecular weight is 354 g/mol. The fraction of sp³-hybridized carbons (Fsp3) is 0.667. The van der Waals surface area contributed by atoms with Crippen LogP contribution in [0.2, 0.25) is 0 Å². The molecule has 0 amide bonds. The maximum Gasteiger partial charge on any atom is 0.154 e. The van der Waals surface area contributed by atoms with Gasteiger partial charge < -0.3 is 5.32 Å². The number of sulfone groups is 1.